The molecule has 0 rings (SSSR count). The maximum Gasteiger partial charge on any atom is 2.00 e. The second-order valence-corrected chi connectivity index (χ2v) is 0. The van der Waals surface area contributed by atoms with E-state index in [1.807, 2.05) is 0 Å². The van der Waals surface area contributed by atoms with Crippen molar-refractivity contribution in [3.05, 3.63) is 12.3 Å². The number of nitrogens with zero attached hydrogens (tertiary/aromatic N) is 2. The summed E-state index contributed by atoms with van der Waals surface area (Å²) in [6.07, 6.45) is 0. The fourth-order valence-electron chi connectivity index (χ4n) is 0. The minimum atomic E-state index is 0. The Bertz CT molecular complexity index is 4.85. The maximum absolute atomic E-state index is 0. The predicted octanol–water partition coefficient (Wildman–Crippen LogP) is -0.565. The predicted molar refractivity (Wildman–Crippen MR) is 24.0 cm³/mol. The summed E-state index contributed by atoms with van der Waals surface area (Å²) in [5, 5.41) is 0. The molecule has 0 aliphatic rings. The van der Waals surface area contributed by atoms with Gasteiger partial charge in [0.1, 0.15) is 0 Å². The van der Waals surface area contributed by atoms with E-state index in [9.17, 15) is 0 Å². The van der Waals surface area contributed by atoms with Crippen molar-refractivity contribution in [2.75, 3.05) is 0 Å². The van der Waals surface area contributed by atoms with Crippen LogP contribution in [-0.2, 0) is 0 Å². The topological polar surface area (TPSA) is 61.0 Å². The van der Waals surface area contributed by atoms with Crippen LogP contribution in [-0.4, -0.2) is 81.9 Å². The zero-order valence-corrected chi connectivity index (χ0v) is 14.1. The molecule has 0 aromatic rings. The van der Waals surface area contributed by atoms with Crippen molar-refractivity contribution in [2.24, 2.45) is 0 Å². The molecule has 0 amide bonds. The summed E-state index contributed by atoms with van der Waals surface area (Å²) in [6, 6.07) is 0. The van der Waals surface area contributed by atoms with E-state index in [1.54, 1.807) is 0 Å². The van der Waals surface area contributed by atoms with Gasteiger partial charge < -0.3 is 12.3 Å². The molecule has 5 heavy (non-hydrogen) atoms. The van der Waals surface area contributed by atoms with Crippen molar-refractivity contribution < 1.29 is 0 Å². The minimum Gasteiger partial charge on any atom is -3.00 e. The van der Waals surface area contributed by atoms with E-state index in [2.05, 4.69) is 0 Å². The molecule has 0 saturated carbocycles. The number of hydrogen-bond donors (Lipinski definition) is 0. The van der Waals surface area contributed by atoms with Crippen LogP contribution in [0, 0.1) is 0 Å². The third kappa shape index (κ3) is 20.3. The van der Waals surface area contributed by atoms with Crippen molar-refractivity contribution in [1.82, 2.24) is 0 Å². The molecular weight excluding hydrogens is 650 g/mol. The Hall–Kier alpha value is 2.69. The van der Waals surface area contributed by atoms with E-state index < -0.39 is 0 Å². The first-order valence-electron chi connectivity index (χ1n) is 0. The molecule has 6 radical (unpaired) electrons. The second kappa shape index (κ2) is 30.0. The van der Waals surface area contributed by atoms with Crippen molar-refractivity contribution >= 4 is 81.9 Å². The van der Waals surface area contributed by atoms with E-state index in [-0.39, 0.29) is 94.2 Å². The summed E-state index contributed by atoms with van der Waals surface area (Å²) in [5.74, 6) is 0. The van der Waals surface area contributed by atoms with Crippen molar-refractivity contribution in [1.29, 1.82) is 0 Å². The van der Waals surface area contributed by atoms with Crippen LogP contribution < -0.4 is 0 Å². The van der Waals surface area contributed by atoms with Crippen molar-refractivity contribution in [3.8, 4) is 0 Å². The van der Waals surface area contributed by atoms with E-state index >= 15 is 0 Å². The van der Waals surface area contributed by atoms with Crippen molar-refractivity contribution in [2.45, 2.75) is 0 Å². The summed E-state index contributed by atoms with van der Waals surface area (Å²) in [6.45, 7) is 0. The molecule has 0 fully saturated rings. The van der Waals surface area contributed by atoms with Gasteiger partial charge in [-0.2, -0.15) is 0 Å². The Kier molecular flexibility index (Phi) is 285. The Labute approximate surface area is 92.5 Å². The first-order chi connectivity index (χ1) is 0. The zero-order valence-electron chi connectivity index (χ0n) is 2.39. The van der Waals surface area contributed by atoms with Gasteiger partial charge in [-0.1, -0.05) is 0 Å². The molecule has 0 bridgehead atoms. The van der Waals surface area contributed by atoms with Gasteiger partial charge in [-0.15, -0.1) is 0 Å². The molecule has 0 heterocycles. The summed E-state index contributed by atoms with van der Waals surface area (Å²) in [5.41, 5.74) is 0. The van der Waals surface area contributed by atoms with Gasteiger partial charge in [0.05, 0.1) is 0 Å². The van der Waals surface area contributed by atoms with E-state index in [1.165, 1.54) is 0 Å². The summed E-state index contributed by atoms with van der Waals surface area (Å²) in [4.78, 5) is 0. The number of hydrogen-bond acceptors (Lipinski definition) is 0. The minimum absolute atomic E-state index is 0. The Morgan fingerprint density at radius 2 is 0.400 bits per heavy atom. The molecule has 0 aliphatic carbocycles. The quantitative estimate of drug-likeness (QED) is 0.316. The average molecular weight is 650 g/mol. The zero-order chi connectivity index (χ0) is 0. The van der Waals surface area contributed by atoms with E-state index in [4.69, 9.17) is 0 Å². The first kappa shape index (κ1) is 47.6. The van der Waals surface area contributed by atoms with Crippen LogP contribution in [0.5, 0.6) is 0 Å². The largest absolute Gasteiger partial charge is 3.00 e. The van der Waals surface area contributed by atoms with Gasteiger partial charge >= 0.3 is 81.9 Å². The molecule has 0 spiro atoms. The van der Waals surface area contributed by atoms with E-state index in [0.717, 1.165) is 0 Å². The molecule has 0 aliphatic heterocycles. The van der Waals surface area contributed by atoms with E-state index in [0.29, 0.717) is 0 Å². The summed E-state index contributed by atoms with van der Waals surface area (Å²) < 4.78 is 0. The first-order valence-corrected chi connectivity index (χ1v) is 0. The fraction of sp³-hybridized carbons (Fsp3) is 0. The Morgan fingerprint density at radius 1 is 0.400 bits per heavy atom. The summed E-state index contributed by atoms with van der Waals surface area (Å²) >= 11 is 0. The molecule has 5 heteroatoms. The number of rotatable bonds is 0. The molecule has 0 aromatic heterocycles. The van der Waals surface area contributed by atoms with Crippen molar-refractivity contribution in [3.63, 3.8) is 0 Å². The molecular formula is N2Pb3. The Morgan fingerprint density at radius 3 is 0.400 bits per heavy atom. The molecule has 2 nitrogen and oxygen atoms in total. The fourth-order valence-corrected chi connectivity index (χ4v) is 0. The third-order valence-electron chi connectivity index (χ3n) is 0. The standard InChI is InChI=1S/2N.3Pb/q2*-3;3*+2. The molecule has 22 valence electrons. The van der Waals surface area contributed by atoms with Crippen LogP contribution in [0.1, 0.15) is 0 Å². The third-order valence-corrected chi connectivity index (χ3v) is 0. The van der Waals surface area contributed by atoms with Gasteiger partial charge in [0.25, 0.3) is 0 Å². The smallest absolute Gasteiger partial charge is 2.00 e. The van der Waals surface area contributed by atoms with Crippen LogP contribution in [0.15, 0.2) is 0 Å². The van der Waals surface area contributed by atoms with Crippen LogP contribution >= 0.6 is 0 Å². The van der Waals surface area contributed by atoms with Gasteiger partial charge in [0.2, 0.25) is 0 Å². The molecule has 0 atom stereocenters. The molecule has 0 N–H and O–H groups in total. The summed E-state index contributed by atoms with van der Waals surface area (Å²) in [7, 11) is 0. The normalized spacial score (nSPS) is 0. The average Bonchev–Trinajstić information content (AvgIpc) is 0. The monoisotopic (exact) mass is 652 g/mol. The molecule has 0 aromatic carbocycles. The van der Waals surface area contributed by atoms with Crippen LogP contribution in [0.3, 0.4) is 0 Å². The second-order valence-electron chi connectivity index (χ2n) is 0. The van der Waals surface area contributed by atoms with Crippen LogP contribution in [0.4, 0.5) is 0 Å². The Balaban J connectivity index is 0. The molecule has 0 unspecified atom stereocenters. The molecule has 0 saturated heterocycles. The maximum atomic E-state index is 0. The van der Waals surface area contributed by atoms with Crippen LogP contribution in [0.25, 0.3) is 12.3 Å². The SMILES string of the molecule is [N-3].[N-3].[Pb+2].[Pb+2].[Pb+2]. The van der Waals surface area contributed by atoms with Gasteiger partial charge in [-0.05, 0) is 0 Å². The van der Waals surface area contributed by atoms with Gasteiger partial charge in [0, 0.05) is 0 Å². The van der Waals surface area contributed by atoms with Gasteiger partial charge in [0.15, 0.2) is 0 Å². The van der Waals surface area contributed by atoms with Crippen LogP contribution in [0.2, 0.25) is 0 Å². The van der Waals surface area contributed by atoms with Gasteiger partial charge in [-0.3, -0.25) is 0 Å². The van der Waals surface area contributed by atoms with Gasteiger partial charge in [-0.25, -0.2) is 0 Å².